The number of halogens is 2. The van der Waals surface area contributed by atoms with Crippen LogP contribution >= 0.6 is 22.4 Å². The first-order valence-electron chi connectivity index (χ1n) is 8.81. The van der Waals surface area contributed by atoms with Crippen molar-refractivity contribution in [2.75, 3.05) is 11.0 Å². The van der Waals surface area contributed by atoms with Gasteiger partial charge in [0.2, 0.25) is 0 Å². The Morgan fingerprint density at radius 1 is 1.23 bits per heavy atom. The average Bonchev–Trinajstić information content (AvgIpc) is 2.71. The molecule has 0 bridgehead atoms. The summed E-state index contributed by atoms with van der Waals surface area (Å²) in [5, 5.41) is 0.626. The quantitative estimate of drug-likeness (QED) is 0.481. The summed E-state index contributed by atoms with van der Waals surface area (Å²) in [5.74, 6) is -0.481. The Balaban J connectivity index is 1.80. The highest BCUT2D eigenvalue weighted by atomic mass is 35.5. The number of pyridine rings is 2. The van der Waals surface area contributed by atoms with Gasteiger partial charge in [-0.3, -0.25) is 9.71 Å². The molecule has 10 heteroatoms. The van der Waals surface area contributed by atoms with Gasteiger partial charge in [-0.2, -0.15) is 8.42 Å². The van der Waals surface area contributed by atoms with E-state index in [-0.39, 0.29) is 12.2 Å². The lowest BCUT2D eigenvalue weighted by Crippen LogP contribution is -2.11. The molecule has 3 aromatic rings. The van der Waals surface area contributed by atoms with Crippen molar-refractivity contribution in [3.63, 3.8) is 0 Å². The molecular weight excluding hydrogens is 449 g/mol. The van der Waals surface area contributed by atoms with Crippen molar-refractivity contribution >= 4 is 37.3 Å². The predicted molar refractivity (Wildman–Crippen MR) is 118 cm³/mol. The van der Waals surface area contributed by atoms with Gasteiger partial charge in [0.25, 0.3) is 9.06 Å². The first kappa shape index (κ1) is 22.3. The summed E-state index contributed by atoms with van der Waals surface area (Å²) < 4.78 is 46.2. The molecule has 1 N–H and O–H groups in total. The third-order valence-electron chi connectivity index (χ3n) is 4.35. The van der Waals surface area contributed by atoms with Crippen LogP contribution in [0.1, 0.15) is 22.3 Å². The van der Waals surface area contributed by atoms with Crippen LogP contribution < -0.4 is 9.46 Å². The van der Waals surface area contributed by atoms with Gasteiger partial charge >= 0.3 is 0 Å². The highest BCUT2D eigenvalue weighted by molar-refractivity contribution is 8.72. The monoisotopic (exact) mass is 467 g/mol. The van der Waals surface area contributed by atoms with Gasteiger partial charge in [-0.25, -0.2) is 9.37 Å². The molecule has 0 radical (unpaired) electrons. The molecule has 2 heterocycles. The summed E-state index contributed by atoms with van der Waals surface area (Å²) in [7, 11) is -3.14. The van der Waals surface area contributed by atoms with Crippen LogP contribution in [0.5, 0.6) is 5.75 Å². The summed E-state index contributed by atoms with van der Waals surface area (Å²) >= 11 is 6.00. The van der Waals surface area contributed by atoms with Gasteiger partial charge in [0.15, 0.2) is 11.6 Å². The van der Waals surface area contributed by atoms with Crippen LogP contribution in [0.3, 0.4) is 0 Å². The molecule has 0 aliphatic carbocycles. The van der Waals surface area contributed by atoms with Crippen LogP contribution in [0.2, 0.25) is 5.02 Å². The maximum Gasteiger partial charge on any atom is 0.287 e. The molecule has 6 nitrogen and oxygen atoms in total. The zero-order valence-electron chi connectivity index (χ0n) is 16.2. The molecule has 1 aromatic carbocycles. The van der Waals surface area contributed by atoms with Crippen molar-refractivity contribution in [1.29, 1.82) is 0 Å². The Morgan fingerprint density at radius 2 is 2.03 bits per heavy atom. The van der Waals surface area contributed by atoms with Gasteiger partial charge in [-0.15, -0.1) is 0 Å². The third-order valence-corrected chi connectivity index (χ3v) is 7.03. The highest BCUT2D eigenvalue weighted by Gasteiger charge is 2.17. The van der Waals surface area contributed by atoms with Crippen molar-refractivity contribution in [1.82, 2.24) is 9.97 Å². The van der Waals surface area contributed by atoms with E-state index in [1.165, 1.54) is 18.5 Å². The lowest BCUT2D eigenvalue weighted by atomic mass is 10.0. The first-order valence-corrected chi connectivity index (χ1v) is 12.4. The molecule has 30 heavy (non-hydrogen) atoms. The van der Waals surface area contributed by atoms with E-state index in [0.29, 0.717) is 33.7 Å². The van der Waals surface area contributed by atoms with Crippen molar-refractivity contribution in [2.45, 2.75) is 20.0 Å². The lowest BCUT2D eigenvalue weighted by molar-refractivity contribution is 0.302. The Labute approximate surface area is 183 Å². The Kier molecular flexibility index (Phi) is 7.17. The SMILES string of the molecule is CSS(=O)(=O)Nc1nccc(Cc2cncc(OCc3cccc(Cl)c3)c2C)c1F. The molecule has 0 aliphatic rings. The van der Waals surface area contributed by atoms with Crippen molar-refractivity contribution in [3.8, 4) is 5.75 Å². The normalized spacial score (nSPS) is 11.3. The van der Waals surface area contributed by atoms with E-state index in [4.69, 9.17) is 16.3 Å². The van der Waals surface area contributed by atoms with E-state index in [1.54, 1.807) is 18.5 Å². The van der Waals surface area contributed by atoms with E-state index in [9.17, 15) is 12.8 Å². The summed E-state index contributed by atoms with van der Waals surface area (Å²) in [6.45, 7) is 2.18. The van der Waals surface area contributed by atoms with Gasteiger partial charge < -0.3 is 4.74 Å². The molecule has 0 amide bonds. The molecule has 0 spiro atoms. The maximum atomic E-state index is 14.8. The van der Waals surface area contributed by atoms with Crippen molar-refractivity contribution < 1.29 is 17.5 Å². The van der Waals surface area contributed by atoms with Crippen LogP contribution in [0.4, 0.5) is 10.2 Å². The zero-order chi connectivity index (χ0) is 21.7. The minimum Gasteiger partial charge on any atom is -0.487 e. The number of benzene rings is 1. The van der Waals surface area contributed by atoms with Gasteiger partial charge in [-0.1, -0.05) is 23.7 Å². The summed E-state index contributed by atoms with van der Waals surface area (Å²) in [5.41, 5.74) is 2.77. The molecule has 0 fully saturated rings. The molecule has 0 aliphatic heterocycles. The van der Waals surface area contributed by atoms with E-state index in [1.807, 2.05) is 25.1 Å². The molecule has 3 rings (SSSR count). The number of hydrogen-bond acceptors (Lipinski definition) is 6. The second-order valence-corrected chi connectivity index (χ2v) is 10.6. The maximum absolute atomic E-state index is 14.8. The molecule has 2 aromatic heterocycles. The number of ether oxygens (including phenoxy) is 1. The number of rotatable bonds is 8. The molecule has 0 atom stereocenters. The fourth-order valence-corrected chi connectivity index (χ4v) is 3.88. The third kappa shape index (κ3) is 5.62. The highest BCUT2D eigenvalue weighted by Crippen LogP contribution is 2.26. The molecular formula is C20H19ClFN3O3S2. The zero-order valence-corrected chi connectivity index (χ0v) is 18.6. The lowest BCUT2D eigenvalue weighted by Gasteiger charge is -2.13. The number of nitrogens with one attached hydrogen (secondary N) is 1. The summed E-state index contributed by atoms with van der Waals surface area (Å²) in [6.07, 6.45) is 6.18. The summed E-state index contributed by atoms with van der Waals surface area (Å²) in [6, 6.07) is 8.86. The van der Waals surface area contributed by atoms with E-state index < -0.39 is 14.9 Å². The van der Waals surface area contributed by atoms with Crippen LogP contribution in [-0.2, 0) is 22.1 Å². The Morgan fingerprint density at radius 3 is 2.77 bits per heavy atom. The first-order chi connectivity index (χ1) is 14.3. The Hall–Kier alpha value is -2.36. The molecule has 0 saturated carbocycles. The minimum absolute atomic E-state index is 0.204. The van der Waals surface area contributed by atoms with Crippen molar-refractivity contribution in [3.05, 3.63) is 82.0 Å². The minimum atomic E-state index is -3.71. The smallest absolute Gasteiger partial charge is 0.287 e. The number of nitrogens with zero attached hydrogens (tertiary/aromatic N) is 2. The molecule has 0 unspecified atom stereocenters. The standard InChI is InChI=1S/C20H19ClFN3O3S2/c1-13-16(9-15-6-7-24-20(19(15)22)25-30(26,27)29-2)10-23-11-18(13)28-12-14-4-3-5-17(21)8-14/h3-8,10-11H,9,12H2,1-2H3,(H,24,25). The second kappa shape index (κ2) is 9.63. The topological polar surface area (TPSA) is 81.2 Å². The average molecular weight is 468 g/mol. The van der Waals surface area contributed by atoms with Crippen molar-refractivity contribution in [2.24, 2.45) is 0 Å². The van der Waals surface area contributed by atoms with E-state index in [0.717, 1.165) is 16.7 Å². The van der Waals surface area contributed by atoms with Gasteiger partial charge in [-0.05, 0) is 64.4 Å². The largest absolute Gasteiger partial charge is 0.487 e. The Bertz CT molecular complexity index is 1160. The van der Waals surface area contributed by atoms with Crippen LogP contribution in [0.15, 0.2) is 48.9 Å². The summed E-state index contributed by atoms with van der Waals surface area (Å²) in [4.78, 5) is 7.99. The van der Waals surface area contributed by atoms with Crippen LogP contribution in [0.25, 0.3) is 0 Å². The van der Waals surface area contributed by atoms with Crippen LogP contribution in [-0.4, -0.2) is 24.6 Å². The predicted octanol–water partition coefficient (Wildman–Crippen LogP) is 4.77. The fourth-order valence-electron chi connectivity index (χ4n) is 2.72. The molecule has 0 saturated heterocycles. The van der Waals surface area contributed by atoms with Crippen LogP contribution in [0, 0.1) is 12.7 Å². The van der Waals surface area contributed by atoms with E-state index >= 15 is 0 Å². The van der Waals surface area contributed by atoms with Gasteiger partial charge in [0.1, 0.15) is 12.4 Å². The van der Waals surface area contributed by atoms with Gasteiger partial charge in [0.05, 0.1) is 6.20 Å². The molecule has 158 valence electrons. The number of hydrogen-bond donors (Lipinski definition) is 1. The van der Waals surface area contributed by atoms with Gasteiger partial charge in [0, 0.05) is 23.8 Å². The number of aromatic nitrogens is 2. The second-order valence-electron chi connectivity index (χ2n) is 6.37. The van der Waals surface area contributed by atoms with E-state index in [2.05, 4.69) is 14.7 Å². The fraction of sp³-hybridized carbons (Fsp3) is 0.200. The number of anilines is 1.